The summed E-state index contributed by atoms with van der Waals surface area (Å²) in [6.07, 6.45) is 0. The molecule has 0 fully saturated rings. The Morgan fingerprint density at radius 1 is 1.33 bits per heavy atom. The Balaban J connectivity index is 0.000000262. The molecule has 0 bridgehead atoms. The van der Waals surface area contributed by atoms with Gasteiger partial charge < -0.3 is 4.52 Å². The van der Waals surface area contributed by atoms with E-state index in [1.807, 2.05) is 30.3 Å². The molecule has 0 radical (unpaired) electrons. The van der Waals surface area contributed by atoms with Gasteiger partial charge in [0.2, 0.25) is 0 Å². The topological polar surface area (TPSA) is 35.5 Å². The molecule has 0 saturated carbocycles. The molecule has 6 heteroatoms. The second-order valence-electron chi connectivity index (χ2n) is 2.33. The smallest absolute Gasteiger partial charge is 0.300 e. The maximum Gasteiger partial charge on any atom is 0.423 e. The zero-order chi connectivity index (χ0) is 11.7. The van der Waals surface area contributed by atoms with Crippen LogP contribution in [0.2, 0.25) is 5.02 Å². The molecule has 0 aliphatic rings. The first-order valence-corrected chi connectivity index (χ1v) is 7.05. The van der Waals surface area contributed by atoms with Crippen molar-refractivity contribution in [1.29, 1.82) is 0 Å². The molecule has 1 atom stereocenters. The highest BCUT2D eigenvalue weighted by Crippen LogP contribution is 2.52. The van der Waals surface area contributed by atoms with Crippen LogP contribution < -0.4 is 0 Å². The van der Waals surface area contributed by atoms with E-state index in [1.54, 1.807) is 6.92 Å². The summed E-state index contributed by atoms with van der Waals surface area (Å²) in [4.78, 5) is 0. The van der Waals surface area contributed by atoms with Gasteiger partial charge >= 0.3 is 6.95 Å². The summed E-state index contributed by atoms with van der Waals surface area (Å²) in [6.45, 7) is -1.21. The fourth-order valence-corrected chi connectivity index (χ4v) is 1.47. The van der Waals surface area contributed by atoms with Gasteiger partial charge in [-0.15, -0.1) is 0 Å². The van der Waals surface area contributed by atoms with Crippen LogP contribution in [0.25, 0.3) is 0 Å². The van der Waals surface area contributed by atoms with Gasteiger partial charge in [-0.3, -0.25) is 4.52 Å². The first kappa shape index (κ1) is 14.9. The molecule has 1 aromatic carbocycles. The molecular weight excluding hydrogens is 258 g/mol. The van der Waals surface area contributed by atoms with Crippen molar-refractivity contribution >= 4 is 29.8 Å². The quantitative estimate of drug-likeness (QED) is 0.766. The minimum Gasteiger partial charge on any atom is -0.300 e. The molecule has 0 spiro atoms. The third kappa shape index (κ3) is 8.91. The first-order chi connectivity index (χ1) is 7.02. The van der Waals surface area contributed by atoms with E-state index in [2.05, 4.69) is 9.05 Å². The van der Waals surface area contributed by atoms with Crippen LogP contribution in [0.3, 0.4) is 0 Å². The average molecular weight is 271 g/mol. The molecule has 1 aromatic rings. The molecule has 0 saturated heterocycles. The van der Waals surface area contributed by atoms with E-state index in [-0.39, 0.29) is 0 Å². The second kappa shape index (κ2) is 8.14. The van der Waals surface area contributed by atoms with Crippen LogP contribution in [-0.4, -0.2) is 13.7 Å². The molecule has 0 aliphatic heterocycles. The van der Waals surface area contributed by atoms with Gasteiger partial charge in [0, 0.05) is 23.4 Å². The van der Waals surface area contributed by atoms with Crippen molar-refractivity contribution in [3.05, 3.63) is 35.4 Å². The fraction of sp³-hybridized carbons (Fsp3) is 0.333. The van der Waals surface area contributed by atoms with E-state index >= 15 is 0 Å². The van der Waals surface area contributed by atoms with Crippen LogP contribution in [0.15, 0.2) is 30.3 Å². The summed E-state index contributed by atoms with van der Waals surface area (Å²) in [7, 11) is 1.24. The SMILES string of the molecule is CCOP(=O)(Cl)OC.Clc1ccccc1. The lowest BCUT2D eigenvalue weighted by molar-refractivity contribution is 0.260. The molecular formula is C9H13Cl2O3P. The van der Waals surface area contributed by atoms with Crippen molar-refractivity contribution < 1.29 is 13.6 Å². The first-order valence-electron chi connectivity index (χ1n) is 4.22. The lowest BCUT2D eigenvalue weighted by atomic mass is 10.4. The van der Waals surface area contributed by atoms with E-state index in [0.717, 1.165) is 5.02 Å². The standard InChI is InChI=1S/C6H5Cl.C3H8ClO3P/c7-6-4-2-1-3-5-6;1-3-7-8(4,5)6-2/h1-5H;3H2,1-2H3. The highest BCUT2D eigenvalue weighted by molar-refractivity contribution is 7.81. The Labute approximate surface area is 99.6 Å². The van der Waals surface area contributed by atoms with Crippen molar-refractivity contribution in [2.75, 3.05) is 13.7 Å². The number of hydrogen-bond acceptors (Lipinski definition) is 3. The van der Waals surface area contributed by atoms with E-state index < -0.39 is 6.95 Å². The summed E-state index contributed by atoms with van der Waals surface area (Å²) < 4.78 is 19.3. The van der Waals surface area contributed by atoms with E-state index in [1.165, 1.54) is 7.11 Å². The lowest BCUT2D eigenvalue weighted by Crippen LogP contribution is -1.83. The Hall–Kier alpha value is -0.0500. The van der Waals surface area contributed by atoms with Gasteiger partial charge in [0.1, 0.15) is 0 Å². The monoisotopic (exact) mass is 270 g/mol. The molecule has 0 amide bonds. The summed E-state index contributed by atoms with van der Waals surface area (Å²) >= 11 is 10.7. The van der Waals surface area contributed by atoms with Crippen molar-refractivity contribution in [3.8, 4) is 0 Å². The number of benzene rings is 1. The summed E-state index contributed by atoms with van der Waals surface area (Å²) in [5, 5.41) is 0.794. The molecule has 15 heavy (non-hydrogen) atoms. The Kier molecular flexibility index (Phi) is 8.12. The molecule has 0 aromatic heterocycles. The normalized spacial score (nSPS) is 13.6. The zero-order valence-electron chi connectivity index (χ0n) is 8.52. The van der Waals surface area contributed by atoms with Crippen LogP contribution in [0.1, 0.15) is 6.92 Å². The highest BCUT2D eigenvalue weighted by atomic mass is 35.7. The van der Waals surface area contributed by atoms with Gasteiger partial charge in [-0.2, -0.15) is 0 Å². The molecule has 3 nitrogen and oxygen atoms in total. The predicted octanol–water partition coefficient (Wildman–Crippen LogP) is 4.36. The summed E-state index contributed by atoms with van der Waals surface area (Å²) in [5.74, 6) is 0. The zero-order valence-corrected chi connectivity index (χ0v) is 10.9. The largest absolute Gasteiger partial charge is 0.423 e. The van der Waals surface area contributed by atoms with Crippen molar-refractivity contribution in [2.24, 2.45) is 0 Å². The van der Waals surface area contributed by atoms with Gasteiger partial charge in [-0.25, -0.2) is 4.57 Å². The minimum absolute atomic E-state index is 0.300. The van der Waals surface area contributed by atoms with Crippen LogP contribution in [0.4, 0.5) is 0 Å². The second-order valence-corrected chi connectivity index (χ2v) is 5.49. The third-order valence-electron chi connectivity index (χ3n) is 1.23. The lowest BCUT2D eigenvalue weighted by Gasteiger charge is -2.04. The summed E-state index contributed by atoms with van der Waals surface area (Å²) in [6, 6.07) is 9.44. The Morgan fingerprint density at radius 3 is 2.07 bits per heavy atom. The van der Waals surface area contributed by atoms with Crippen LogP contribution in [0, 0.1) is 0 Å². The van der Waals surface area contributed by atoms with Crippen molar-refractivity contribution in [3.63, 3.8) is 0 Å². The van der Waals surface area contributed by atoms with Gasteiger partial charge in [-0.05, 0) is 19.1 Å². The number of rotatable bonds is 3. The van der Waals surface area contributed by atoms with Crippen LogP contribution in [0.5, 0.6) is 0 Å². The maximum atomic E-state index is 10.5. The van der Waals surface area contributed by atoms with Crippen LogP contribution in [-0.2, 0) is 13.6 Å². The maximum absolute atomic E-state index is 10.5. The van der Waals surface area contributed by atoms with Crippen molar-refractivity contribution in [1.82, 2.24) is 0 Å². The Morgan fingerprint density at radius 2 is 1.87 bits per heavy atom. The number of halogens is 2. The molecule has 1 rings (SSSR count). The van der Waals surface area contributed by atoms with Gasteiger partial charge in [-0.1, -0.05) is 29.8 Å². The molecule has 0 N–H and O–H groups in total. The average Bonchev–Trinajstić information content (AvgIpc) is 2.20. The van der Waals surface area contributed by atoms with E-state index in [9.17, 15) is 4.57 Å². The third-order valence-corrected chi connectivity index (χ3v) is 3.20. The molecule has 0 aliphatic carbocycles. The molecule has 1 unspecified atom stereocenters. The Bertz CT molecular complexity index is 305. The predicted molar refractivity (Wildman–Crippen MR) is 63.5 cm³/mol. The molecule has 0 heterocycles. The fourth-order valence-electron chi connectivity index (χ4n) is 0.622. The number of hydrogen-bond donors (Lipinski definition) is 0. The van der Waals surface area contributed by atoms with E-state index in [0.29, 0.717) is 6.61 Å². The minimum atomic E-state index is -3.20. The van der Waals surface area contributed by atoms with Gasteiger partial charge in [0.05, 0.1) is 6.61 Å². The summed E-state index contributed by atoms with van der Waals surface area (Å²) in [5.41, 5.74) is 0. The van der Waals surface area contributed by atoms with Crippen molar-refractivity contribution in [2.45, 2.75) is 6.92 Å². The highest BCUT2D eigenvalue weighted by Gasteiger charge is 2.15. The van der Waals surface area contributed by atoms with Gasteiger partial charge in [0.25, 0.3) is 0 Å². The van der Waals surface area contributed by atoms with E-state index in [4.69, 9.17) is 22.8 Å². The van der Waals surface area contributed by atoms with Crippen LogP contribution >= 0.6 is 29.8 Å². The molecule has 86 valence electrons. The van der Waals surface area contributed by atoms with Gasteiger partial charge in [0.15, 0.2) is 0 Å².